The van der Waals surface area contributed by atoms with Crippen LogP contribution in [0.4, 0.5) is 40.7 Å². The highest BCUT2D eigenvalue weighted by atomic mass is 15.5. The zero-order chi connectivity index (χ0) is 83.8. The van der Waals surface area contributed by atoms with Crippen LogP contribution in [0, 0.1) is 51.2 Å². The minimum Gasteiger partial charge on any atom is -0.352 e. The Hall–Kier alpha value is -6.48. The van der Waals surface area contributed by atoms with E-state index < -0.39 is 0 Å². The third-order valence-electron chi connectivity index (χ3n) is 37.8. The van der Waals surface area contributed by atoms with Gasteiger partial charge in [0, 0.05) is 182 Å². The lowest BCUT2D eigenvalue weighted by atomic mass is 9.50. The van der Waals surface area contributed by atoms with Crippen molar-refractivity contribution in [3.63, 3.8) is 0 Å². The number of rotatable bonds is 7. The summed E-state index contributed by atoms with van der Waals surface area (Å²) in [5.41, 5.74) is 3.78. The summed E-state index contributed by atoms with van der Waals surface area (Å²) in [6, 6.07) is 36.6. The molecule has 0 aromatic carbocycles. The second-order valence-electron chi connectivity index (χ2n) is 43.8. The van der Waals surface area contributed by atoms with E-state index in [-0.39, 0.29) is 0 Å². The first-order valence-corrected chi connectivity index (χ1v) is 47.4. The number of fused-ring (bicyclic) bond motifs is 21. The van der Waals surface area contributed by atoms with Gasteiger partial charge < -0.3 is 66.3 Å². The van der Waals surface area contributed by atoms with Gasteiger partial charge in [0.1, 0.15) is 40.7 Å². The first-order chi connectivity index (χ1) is 55.3. The normalized spacial score (nSPS) is 40.2. The standard InChI is InChI=1S/C17H28N2.C16H26N2.C15H24N2.2C14H22N2.C13H21N3.C13H20N2/c1-12-13(2)17(5)10-9-16(12,4)14(3)19(17)15-8-7-11-18(15)6;1-12-11-15(3)8-9-16(12,4)13(2)18(15)14-7-6-10-17(14)5;1-12-14(2)7-9-15(3,10-8-14)17(12)13-6-5-11-16(13)4;1-11-14(2)8-6-12(7-9-14)16(11)13-5-4-10-15(13)3;1-11-12-6-8-14(2,9-7-12)16(11)13-5-4-10-15(13)3;1-11-15-9-6-13(2,7-10-15)16(11)12-5-4-8-14(12)3;1-10-11-5-7-12(8-6-11)15(10)13-4-3-9-14(13)2/h7-8,11-14H,9-10H2,1-6H3;6-7,10,12-13H,8-9,11H2,1-5H3;5-6,11-12H,7-10H2,1-4H3;2*4-5,10-12H,6-9H2,1-3H3;4-5,8,11H,6-7,9-10H2,1-3H3;3-4,9-12H,5-8H2,1-2H3. The molecule has 14 bridgehead atoms. The van der Waals surface area contributed by atoms with Gasteiger partial charge in [-0.2, -0.15) is 0 Å². The molecule has 7 aromatic heterocycles. The fourth-order valence-corrected chi connectivity index (χ4v) is 28.0. The monoisotopic (exact) mass is 1600 g/mol. The van der Waals surface area contributed by atoms with Crippen molar-refractivity contribution < 1.29 is 0 Å². The highest BCUT2D eigenvalue weighted by Gasteiger charge is 2.62. The maximum Gasteiger partial charge on any atom is 0.109 e. The summed E-state index contributed by atoms with van der Waals surface area (Å²) >= 11 is 0. The zero-order valence-corrected chi connectivity index (χ0v) is 78.6. The number of hydrogen-bond acceptors (Lipinski definition) is 8. The Bertz CT molecular complexity index is 4370. The molecule has 0 amide bonds. The molecule has 15 heteroatoms. The van der Waals surface area contributed by atoms with Crippen molar-refractivity contribution in [2.24, 2.45) is 101 Å². The number of nitrogens with zero attached hydrogens (tertiary/aromatic N) is 15. The molecule has 6 saturated carbocycles. The maximum absolute atomic E-state index is 2.72. The molecular weight excluding hydrogens is 1440 g/mol. The molecule has 28 rings (SSSR count). The SMILES string of the molecule is CC1C(C)C2(C)CCC1(C)C(C)N2c1cccn1C.CC1C2CCC(C)(CC2)N1c1cccn1C.CC1C2CCC(CC2)N1c1cccn1C.CC1CC2(C)CCC1(C)C(C)N2c1cccn1C.CC1N(c2cccn2C)C2(C)CCC1(C)CC2.CC1N(c2cccn2C)C2CCC1(C)CC2.CC1N2CCC(C)(CC2)N1c1cccn1C. The lowest BCUT2D eigenvalue weighted by Gasteiger charge is -2.68. The molecule has 21 fully saturated rings. The van der Waals surface area contributed by atoms with Crippen LogP contribution < -0.4 is 34.3 Å². The molecule has 0 spiro atoms. The van der Waals surface area contributed by atoms with Gasteiger partial charge in [-0.25, -0.2) is 0 Å². The largest absolute Gasteiger partial charge is 0.352 e. The molecule has 15 saturated heterocycles. The van der Waals surface area contributed by atoms with Gasteiger partial charge in [0.15, 0.2) is 0 Å². The minimum absolute atomic E-state index is 0.308. The van der Waals surface area contributed by atoms with Crippen LogP contribution in [-0.4, -0.2) is 132 Å². The van der Waals surface area contributed by atoms with Gasteiger partial charge in [0.25, 0.3) is 0 Å². The Morgan fingerprint density at radius 1 is 0.282 bits per heavy atom. The Balaban J connectivity index is 0.000000107. The molecule has 15 aliphatic heterocycles. The second-order valence-corrected chi connectivity index (χ2v) is 43.8. The van der Waals surface area contributed by atoms with Gasteiger partial charge in [0.05, 0.1) is 6.17 Å². The smallest absolute Gasteiger partial charge is 0.109 e. The summed E-state index contributed by atoms with van der Waals surface area (Å²) in [7, 11) is 15.1. The van der Waals surface area contributed by atoms with E-state index in [2.05, 4.69) is 380 Å². The van der Waals surface area contributed by atoms with E-state index in [1.54, 1.807) is 0 Å². The van der Waals surface area contributed by atoms with Crippen LogP contribution in [0.5, 0.6) is 0 Å². The average molecular weight is 1600 g/mol. The summed E-state index contributed by atoms with van der Waals surface area (Å²) in [6.45, 7) is 49.0. The van der Waals surface area contributed by atoms with Gasteiger partial charge in [-0.05, 0) is 367 Å². The summed E-state index contributed by atoms with van der Waals surface area (Å²) in [6.07, 6.45) is 47.4. The van der Waals surface area contributed by atoms with Crippen LogP contribution in [0.2, 0.25) is 0 Å². The summed E-state index contributed by atoms with van der Waals surface area (Å²) in [5, 5.41) is 0. The van der Waals surface area contributed by atoms with E-state index in [1.807, 2.05) is 0 Å². The molecule has 0 radical (unpaired) electrons. The number of anilines is 7. The molecular formula is C102H163N15. The minimum atomic E-state index is 0.308. The van der Waals surface area contributed by atoms with E-state index in [0.717, 1.165) is 47.7 Å². The van der Waals surface area contributed by atoms with Crippen LogP contribution in [-0.2, 0) is 49.3 Å². The molecule has 15 nitrogen and oxygen atoms in total. The Labute approximate surface area is 711 Å². The zero-order valence-electron chi connectivity index (χ0n) is 78.6. The van der Waals surface area contributed by atoms with Crippen LogP contribution in [0.1, 0.15) is 279 Å². The number of hydrogen-bond donors (Lipinski definition) is 0. The lowest BCUT2D eigenvalue weighted by Crippen LogP contribution is -2.72. The van der Waals surface area contributed by atoms with E-state index in [4.69, 9.17) is 0 Å². The molecule has 7 aromatic rings. The number of aromatic nitrogens is 7. The molecule has 14 atom stereocenters. The van der Waals surface area contributed by atoms with E-state index >= 15 is 0 Å². The van der Waals surface area contributed by atoms with Crippen LogP contribution >= 0.6 is 0 Å². The van der Waals surface area contributed by atoms with Gasteiger partial charge in [0.2, 0.25) is 0 Å². The number of piperidine rings is 13. The van der Waals surface area contributed by atoms with Crippen molar-refractivity contribution in [3.8, 4) is 0 Å². The van der Waals surface area contributed by atoms with Crippen LogP contribution in [0.15, 0.2) is 128 Å². The molecule has 21 aliphatic rings. The third-order valence-corrected chi connectivity index (χ3v) is 37.8. The molecule has 14 unspecified atom stereocenters. The van der Waals surface area contributed by atoms with E-state index in [1.165, 1.54) is 201 Å². The summed E-state index contributed by atoms with van der Waals surface area (Å²) in [5.74, 6) is 14.0. The highest BCUT2D eigenvalue weighted by molar-refractivity contribution is 5.54. The average Bonchev–Trinajstić information content (AvgIpc) is 1.49. The predicted octanol–water partition coefficient (Wildman–Crippen LogP) is 22.7. The van der Waals surface area contributed by atoms with E-state index in [9.17, 15) is 0 Å². The fourth-order valence-electron chi connectivity index (χ4n) is 28.0. The van der Waals surface area contributed by atoms with Gasteiger partial charge in [-0.1, -0.05) is 48.5 Å². The molecule has 117 heavy (non-hydrogen) atoms. The van der Waals surface area contributed by atoms with Crippen LogP contribution in [0.25, 0.3) is 0 Å². The first kappa shape index (κ1) is 85.5. The molecule has 646 valence electrons. The second kappa shape index (κ2) is 31.8. The van der Waals surface area contributed by atoms with Crippen molar-refractivity contribution in [1.29, 1.82) is 0 Å². The topological polar surface area (TPSA) is 60.4 Å². The Kier molecular flexibility index (Phi) is 23.2. The van der Waals surface area contributed by atoms with Gasteiger partial charge >= 0.3 is 0 Å². The van der Waals surface area contributed by atoms with Crippen molar-refractivity contribution in [3.05, 3.63) is 128 Å². The van der Waals surface area contributed by atoms with Crippen molar-refractivity contribution in [1.82, 2.24) is 36.9 Å². The van der Waals surface area contributed by atoms with Crippen molar-refractivity contribution >= 4 is 40.7 Å². The first-order valence-electron chi connectivity index (χ1n) is 47.4. The molecule has 0 N–H and O–H groups in total. The van der Waals surface area contributed by atoms with Gasteiger partial charge in [-0.15, -0.1) is 0 Å². The summed E-state index contributed by atoms with van der Waals surface area (Å²) in [4.78, 5) is 21.4. The van der Waals surface area contributed by atoms with Crippen LogP contribution in [0.3, 0.4) is 0 Å². The quantitative estimate of drug-likeness (QED) is 0.156. The predicted molar refractivity (Wildman–Crippen MR) is 496 cm³/mol. The Morgan fingerprint density at radius 3 is 1.09 bits per heavy atom. The van der Waals surface area contributed by atoms with Gasteiger partial charge in [-0.3, -0.25) is 4.90 Å². The fraction of sp³-hybridized carbons (Fsp3) is 0.725. The molecule has 22 heterocycles. The lowest BCUT2D eigenvalue weighted by molar-refractivity contribution is -0.0532. The summed E-state index contributed by atoms with van der Waals surface area (Å²) < 4.78 is 15.9. The Morgan fingerprint density at radius 2 is 0.650 bits per heavy atom. The molecule has 6 aliphatic carbocycles. The third kappa shape index (κ3) is 14.6. The number of aryl methyl sites for hydroxylation is 7. The van der Waals surface area contributed by atoms with Crippen molar-refractivity contribution in [2.75, 3.05) is 47.4 Å². The highest BCUT2D eigenvalue weighted by Crippen LogP contribution is 2.62. The van der Waals surface area contributed by atoms with E-state index in [0.29, 0.717) is 85.7 Å². The van der Waals surface area contributed by atoms with Crippen molar-refractivity contribution in [2.45, 2.75) is 361 Å². The maximum atomic E-state index is 2.72.